The largest absolute Gasteiger partial charge is 0.397 e. The minimum Gasteiger partial charge on any atom is -0.394 e. The van der Waals surface area contributed by atoms with E-state index >= 15 is 0 Å². The van der Waals surface area contributed by atoms with Gasteiger partial charge < -0.3 is 99.8 Å². The number of rotatable bonds is 13. The molecule has 14 N–H and O–H groups in total. The molecule has 4 aliphatic heterocycles. The highest BCUT2D eigenvalue weighted by atomic mass is 32.3. The lowest BCUT2D eigenvalue weighted by Gasteiger charge is -2.50. The molecule has 0 radical (unpaired) electrons. The maximum absolute atomic E-state index is 12.3. The normalized spacial score (nSPS) is 47.6. The first kappa shape index (κ1) is 43.3. The van der Waals surface area contributed by atoms with Crippen LogP contribution in [-0.4, -0.2) is 229 Å². The Bertz CT molecular complexity index is 1260. The van der Waals surface area contributed by atoms with E-state index in [4.69, 9.17) is 33.2 Å². The number of aliphatic hydroxyl groups excluding tert-OH is 12. The second kappa shape index (κ2) is 18.0. The zero-order valence-corrected chi connectivity index (χ0v) is 27.9. The van der Waals surface area contributed by atoms with Gasteiger partial charge in [0.25, 0.3) is 0 Å². The van der Waals surface area contributed by atoms with Crippen LogP contribution in [0.15, 0.2) is 0 Å². The number of carbonyl (C=O) groups excluding carboxylic acids is 1. The van der Waals surface area contributed by atoms with Gasteiger partial charge in [0.2, 0.25) is 5.91 Å². The van der Waals surface area contributed by atoms with E-state index in [-0.39, 0.29) is 0 Å². The first-order valence-electron chi connectivity index (χ1n) is 15.8. The van der Waals surface area contributed by atoms with E-state index in [0.29, 0.717) is 0 Å². The van der Waals surface area contributed by atoms with Gasteiger partial charge in [-0.2, -0.15) is 8.42 Å². The van der Waals surface area contributed by atoms with E-state index < -0.39 is 165 Å². The molecule has 52 heavy (non-hydrogen) atoms. The lowest BCUT2D eigenvalue weighted by atomic mass is 9.94. The third-order valence-electron chi connectivity index (χ3n) is 8.81. The molecule has 0 aromatic rings. The Balaban J connectivity index is 1.66. The molecule has 0 aromatic carbocycles. The van der Waals surface area contributed by atoms with E-state index in [1.807, 2.05) is 0 Å². The van der Waals surface area contributed by atoms with Crippen LogP contribution in [0, 0.1) is 0 Å². The van der Waals surface area contributed by atoms with Crippen LogP contribution in [-0.2, 0) is 52.5 Å². The van der Waals surface area contributed by atoms with Gasteiger partial charge in [-0.05, 0) is 0 Å². The Labute approximate surface area is 294 Å². The summed E-state index contributed by atoms with van der Waals surface area (Å²) in [5.74, 6) is -0.851. The third-order valence-corrected chi connectivity index (χ3v) is 9.28. The Kier molecular flexibility index (Phi) is 15.0. The molecule has 4 heterocycles. The number of hydrogen-bond acceptors (Lipinski definition) is 23. The molecule has 4 rings (SSSR count). The van der Waals surface area contributed by atoms with Crippen LogP contribution in [0.3, 0.4) is 0 Å². The number of hydrogen-bond donors (Lipinski definition) is 14. The summed E-state index contributed by atoms with van der Waals surface area (Å²) in [5.41, 5.74) is 0. The number of nitrogens with one attached hydrogen (secondary N) is 1. The summed E-state index contributed by atoms with van der Waals surface area (Å²) in [4.78, 5) is 12.3. The highest BCUT2D eigenvalue weighted by molar-refractivity contribution is 7.80. The molecule has 1 amide bonds. The second-order valence-corrected chi connectivity index (χ2v) is 13.4. The predicted octanol–water partition coefficient (Wildman–Crippen LogP) is -9.78. The maximum Gasteiger partial charge on any atom is 0.397 e. The van der Waals surface area contributed by atoms with E-state index in [1.54, 1.807) is 0 Å². The van der Waals surface area contributed by atoms with Crippen LogP contribution in [0.4, 0.5) is 0 Å². The van der Waals surface area contributed by atoms with Gasteiger partial charge in [-0.15, -0.1) is 0 Å². The summed E-state index contributed by atoms with van der Waals surface area (Å²) in [7, 11) is -5.52. The highest BCUT2D eigenvalue weighted by Gasteiger charge is 2.57. The Morgan fingerprint density at radius 2 is 1.04 bits per heavy atom. The smallest absolute Gasteiger partial charge is 0.394 e. The lowest BCUT2D eigenvalue weighted by molar-refractivity contribution is -0.376. The number of ether oxygens (including phenoxy) is 7. The van der Waals surface area contributed by atoms with Crippen LogP contribution >= 0.6 is 0 Å². The van der Waals surface area contributed by atoms with Gasteiger partial charge in [0, 0.05) is 6.92 Å². The van der Waals surface area contributed by atoms with Crippen molar-refractivity contribution in [3.05, 3.63) is 0 Å². The molecule has 25 nitrogen and oxygen atoms in total. The molecule has 20 atom stereocenters. The zero-order chi connectivity index (χ0) is 38.8. The minimum atomic E-state index is -5.52. The zero-order valence-electron chi connectivity index (χ0n) is 27.1. The molecular weight excluding hydrogens is 742 g/mol. The van der Waals surface area contributed by atoms with Gasteiger partial charge >= 0.3 is 10.4 Å². The summed E-state index contributed by atoms with van der Waals surface area (Å²) in [6, 6.07) is -1.74. The highest BCUT2D eigenvalue weighted by Crippen LogP contribution is 2.35. The first-order valence-corrected chi connectivity index (χ1v) is 17.1. The van der Waals surface area contributed by atoms with Crippen molar-refractivity contribution < 1.29 is 116 Å². The molecular formula is C26H45NO24S. The molecule has 0 bridgehead atoms. The average molecular weight is 788 g/mol. The van der Waals surface area contributed by atoms with Gasteiger partial charge in [0.1, 0.15) is 97.6 Å². The van der Waals surface area contributed by atoms with Crippen molar-refractivity contribution in [2.45, 2.75) is 130 Å². The Hall–Kier alpha value is -1.42. The number of aliphatic hydroxyl groups is 12. The summed E-state index contributed by atoms with van der Waals surface area (Å²) in [5, 5.41) is 125. The molecule has 4 fully saturated rings. The Morgan fingerprint density at radius 1 is 0.558 bits per heavy atom. The fourth-order valence-electron chi connectivity index (χ4n) is 6.18. The van der Waals surface area contributed by atoms with Gasteiger partial charge in [0.05, 0.1) is 26.4 Å². The topological polar surface area (TPSA) is 400 Å². The van der Waals surface area contributed by atoms with E-state index in [0.717, 1.165) is 6.92 Å². The van der Waals surface area contributed by atoms with Crippen molar-refractivity contribution in [1.82, 2.24) is 5.32 Å². The van der Waals surface area contributed by atoms with E-state index in [1.165, 1.54) is 0 Å². The fourth-order valence-corrected chi connectivity index (χ4v) is 6.69. The summed E-state index contributed by atoms with van der Waals surface area (Å²) < 4.78 is 76.7. The Morgan fingerprint density at radius 3 is 1.60 bits per heavy atom. The molecule has 0 aromatic heterocycles. The minimum absolute atomic E-state index is 0.851. The molecule has 304 valence electrons. The quantitative estimate of drug-likeness (QED) is 0.0770. The van der Waals surface area contributed by atoms with Crippen molar-refractivity contribution in [3.63, 3.8) is 0 Å². The van der Waals surface area contributed by atoms with Gasteiger partial charge in [-0.25, -0.2) is 4.18 Å². The predicted molar refractivity (Wildman–Crippen MR) is 156 cm³/mol. The molecule has 0 aliphatic carbocycles. The van der Waals surface area contributed by atoms with Gasteiger partial charge in [-0.1, -0.05) is 0 Å². The first-order chi connectivity index (χ1) is 24.4. The monoisotopic (exact) mass is 787 g/mol. The summed E-state index contributed by atoms with van der Waals surface area (Å²) in [6.45, 7) is -2.92. The van der Waals surface area contributed by atoms with Gasteiger partial charge in [-0.3, -0.25) is 9.35 Å². The number of carbonyl (C=O) groups is 1. The second-order valence-electron chi connectivity index (χ2n) is 12.4. The molecule has 4 saturated heterocycles. The summed E-state index contributed by atoms with van der Waals surface area (Å²) >= 11 is 0. The molecule has 0 unspecified atom stereocenters. The van der Waals surface area contributed by atoms with Gasteiger partial charge in [0.15, 0.2) is 25.2 Å². The molecule has 0 spiro atoms. The van der Waals surface area contributed by atoms with Crippen LogP contribution in [0.2, 0.25) is 0 Å². The SMILES string of the molecule is CC(=O)N[C@H]1[C@H](O[C@@H]2[C@H](OS(=O)(=O)O)[C@@H](O)[C@H](O[C@H]3[C@H](O)[C@@H](O)[C@H](O)O[C@@H]3CO)O[C@@H]2CO)O[C@H](CO)[C@H](O)[C@@H]1O[C@@H]1O[C@H](CO)[C@H](O)[C@H](O)[C@H]1O. The third kappa shape index (κ3) is 9.50. The van der Waals surface area contributed by atoms with Crippen molar-refractivity contribution in [2.75, 3.05) is 26.4 Å². The van der Waals surface area contributed by atoms with Crippen LogP contribution in [0.25, 0.3) is 0 Å². The number of amides is 1. The average Bonchev–Trinajstić information content (AvgIpc) is 3.08. The van der Waals surface area contributed by atoms with Crippen molar-refractivity contribution in [3.8, 4) is 0 Å². The lowest BCUT2D eigenvalue weighted by Crippen LogP contribution is -2.70. The molecule has 26 heteroatoms. The van der Waals surface area contributed by atoms with Crippen molar-refractivity contribution in [1.29, 1.82) is 0 Å². The maximum atomic E-state index is 12.3. The molecule has 0 saturated carbocycles. The van der Waals surface area contributed by atoms with Crippen LogP contribution in [0.1, 0.15) is 6.92 Å². The van der Waals surface area contributed by atoms with Crippen molar-refractivity contribution in [2.24, 2.45) is 0 Å². The van der Waals surface area contributed by atoms with Crippen LogP contribution < -0.4 is 5.32 Å². The summed E-state index contributed by atoms with van der Waals surface area (Å²) in [6.07, 6.45) is -36.7. The fraction of sp³-hybridized carbons (Fsp3) is 0.962. The standard InChI is InChI=1S/C26H45NO24S/c1-6(32)27-11-21(50-25-17(38)14(35)12(33)7(2-28)46-25)13(34)8(3-29)45-24(11)49-20-10(5-31)47-26(18(39)22(20)51-52(41,42)43)48-19-9(4-30)44-23(40)16(37)15(19)36/h7-26,28-31,33-40H,2-5H2,1H3,(H,27,32)(H,41,42,43)/t7-,8-,9-,10-,11-,12+,13+,14+,15-,16-,17-,18-,19-,20+,21-,22-,23-,24+,25+,26+/m1/s1. The molecule has 4 aliphatic rings. The van der Waals surface area contributed by atoms with Crippen molar-refractivity contribution >= 4 is 16.3 Å². The van der Waals surface area contributed by atoms with E-state index in [2.05, 4.69) is 9.50 Å². The van der Waals surface area contributed by atoms with E-state index in [9.17, 15) is 79.0 Å². The van der Waals surface area contributed by atoms with Crippen LogP contribution in [0.5, 0.6) is 0 Å².